The average Bonchev–Trinajstić information content (AvgIpc) is 2.48. The van der Waals surface area contributed by atoms with Gasteiger partial charge in [-0.25, -0.2) is 0 Å². The molecule has 0 saturated carbocycles. The predicted molar refractivity (Wildman–Crippen MR) is 51.1 cm³/mol. The van der Waals surface area contributed by atoms with Crippen molar-refractivity contribution in [3.8, 4) is 0 Å². The van der Waals surface area contributed by atoms with E-state index in [2.05, 4.69) is 0 Å². The van der Waals surface area contributed by atoms with Crippen LogP contribution in [0.15, 0.2) is 11.4 Å². The number of alkyl halides is 3. The molecule has 1 nitrogen and oxygen atoms in total. The minimum atomic E-state index is -4.29. The molecule has 1 heterocycles. The van der Waals surface area contributed by atoms with Gasteiger partial charge in [0, 0.05) is 10.9 Å². The first-order valence-corrected chi connectivity index (χ1v) is 5.12. The van der Waals surface area contributed by atoms with Crippen LogP contribution in [-0.4, -0.2) is 0 Å². The Balaban J connectivity index is 3.05. The lowest BCUT2D eigenvalue weighted by molar-refractivity contribution is -0.138. The van der Waals surface area contributed by atoms with E-state index in [0.29, 0.717) is 0 Å². The summed E-state index contributed by atoms with van der Waals surface area (Å²) in [6.07, 6.45) is -4.29. The molecule has 1 aromatic rings. The molecule has 1 atom stereocenters. The Labute approximate surface area is 84.7 Å². The summed E-state index contributed by atoms with van der Waals surface area (Å²) in [5, 5.41) is 1.43. The number of halogens is 3. The molecular weight excluding hydrogens is 211 g/mol. The van der Waals surface area contributed by atoms with E-state index in [9.17, 15) is 13.2 Å². The molecule has 0 spiro atoms. The molecule has 1 rings (SSSR count). The Kier molecular flexibility index (Phi) is 3.21. The van der Waals surface area contributed by atoms with Crippen molar-refractivity contribution in [3.05, 3.63) is 21.9 Å². The van der Waals surface area contributed by atoms with Gasteiger partial charge in [0.1, 0.15) is 0 Å². The third kappa shape index (κ3) is 2.27. The van der Waals surface area contributed by atoms with E-state index < -0.39 is 17.8 Å². The molecule has 80 valence electrons. The van der Waals surface area contributed by atoms with Gasteiger partial charge in [-0.05, 0) is 17.4 Å². The molecule has 0 bridgehead atoms. The van der Waals surface area contributed by atoms with Crippen LogP contribution in [0.2, 0.25) is 0 Å². The van der Waals surface area contributed by atoms with Crippen LogP contribution in [0.5, 0.6) is 0 Å². The van der Waals surface area contributed by atoms with Crippen LogP contribution >= 0.6 is 11.3 Å². The molecule has 0 saturated heterocycles. The Hall–Kier alpha value is -0.550. The van der Waals surface area contributed by atoms with E-state index in [4.69, 9.17) is 5.73 Å². The molecule has 0 amide bonds. The lowest BCUT2D eigenvalue weighted by Crippen LogP contribution is -2.19. The average molecular weight is 223 g/mol. The molecule has 5 heteroatoms. The number of hydrogen-bond donors (Lipinski definition) is 1. The quantitative estimate of drug-likeness (QED) is 0.816. The zero-order valence-corrected chi connectivity index (χ0v) is 8.75. The number of hydrogen-bond acceptors (Lipinski definition) is 2. The zero-order valence-electron chi connectivity index (χ0n) is 7.93. The monoisotopic (exact) mass is 223 g/mol. The van der Waals surface area contributed by atoms with Gasteiger partial charge in [-0.3, -0.25) is 0 Å². The number of thiophene rings is 1. The maximum atomic E-state index is 12.5. The summed E-state index contributed by atoms with van der Waals surface area (Å²) >= 11 is 1.07. The SMILES string of the molecule is CC(C)[C@H](N)c1sccc1C(F)(F)F. The summed E-state index contributed by atoms with van der Waals surface area (Å²) < 4.78 is 37.4. The second-order valence-electron chi connectivity index (χ2n) is 3.47. The molecule has 0 aliphatic heterocycles. The van der Waals surface area contributed by atoms with E-state index in [-0.39, 0.29) is 10.8 Å². The molecule has 14 heavy (non-hydrogen) atoms. The molecular formula is C9H12F3NS. The maximum absolute atomic E-state index is 12.5. The standard InChI is InChI=1S/C9H12F3NS/c1-5(2)7(13)8-6(3-4-14-8)9(10,11)12/h3-5,7H,13H2,1-2H3/t7-/m0/s1. The van der Waals surface area contributed by atoms with Gasteiger partial charge >= 0.3 is 6.18 Å². The first kappa shape index (κ1) is 11.5. The van der Waals surface area contributed by atoms with Crippen molar-refractivity contribution in [2.24, 2.45) is 11.7 Å². The third-order valence-corrected chi connectivity index (χ3v) is 3.04. The molecule has 0 radical (unpaired) electrons. The fraction of sp³-hybridized carbons (Fsp3) is 0.556. The van der Waals surface area contributed by atoms with Gasteiger partial charge < -0.3 is 5.73 Å². The Bertz CT molecular complexity index is 303. The normalized spacial score (nSPS) is 14.8. The van der Waals surface area contributed by atoms with E-state index in [1.165, 1.54) is 5.38 Å². The maximum Gasteiger partial charge on any atom is 0.417 e. The summed E-state index contributed by atoms with van der Waals surface area (Å²) in [7, 11) is 0. The van der Waals surface area contributed by atoms with Gasteiger partial charge in [-0.2, -0.15) is 13.2 Å². The molecule has 0 aliphatic carbocycles. The van der Waals surface area contributed by atoms with Crippen molar-refractivity contribution in [1.29, 1.82) is 0 Å². The Morgan fingerprint density at radius 2 is 1.93 bits per heavy atom. The van der Waals surface area contributed by atoms with Gasteiger partial charge in [-0.15, -0.1) is 11.3 Å². The highest BCUT2D eigenvalue weighted by Crippen LogP contribution is 2.38. The van der Waals surface area contributed by atoms with Crippen molar-refractivity contribution in [1.82, 2.24) is 0 Å². The second-order valence-corrected chi connectivity index (χ2v) is 4.41. The van der Waals surface area contributed by atoms with E-state index in [0.717, 1.165) is 17.4 Å². The molecule has 0 unspecified atom stereocenters. The first-order valence-electron chi connectivity index (χ1n) is 4.24. The summed E-state index contributed by atoms with van der Waals surface area (Å²) in [6.45, 7) is 3.62. The van der Waals surface area contributed by atoms with Crippen LogP contribution in [0.25, 0.3) is 0 Å². The summed E-state index contributed by atoms with van der Waals surface area (Å²) in [6, 6.07) is 0.550. The first-order chi connectivity index (χ1) is 6.34. The number of rotatable bonds is 2. The molecule has 0 fully saturated rings. The van der Waals surface area contributed by atoms with Gasteiger partial charge in [-0.1, -0.05) is 13.8 Å². The molecule has 2 N–H and O–H groups in total. The van der Waals surface area contributed by atoms with Crippen molar-refractivity contribution >= 4 is 11.3 Å². The summed E-state index contributed by atoms with van der Waals surface area (Å²) in [4.78, 5) is 0.229. The van der Waals surface area contributed by atoms with Crippen molar-refractivity contribution in [3.63, 3.8) is 0 Å². The highest BCUT2D eigenvalue weighted by atomic mass is 32.1. The van der Waals surface area contributed by atoms with Crippen molar-refractivity contribution in [2.75, 3.05) is 0 Å². The summed E-state index contributed by atoms with van der Waals surface area (Å²) in [5.41, 5.74) is 5.10. The highest BCUT2D eigenvalue weighted by Gasteiger charge is 2.35. The van der Waals surface area contributed by atoms with Crippen molar-refractivity contribution in [2.45, 2.75) is 26.1 Å². The fourth-order valence-electron chi connectivity index (χ4n) is 1.12. The van der Waals surface area contributed by atoms with Crippen LogP contribution in [-0.2, 0) is 6.18 Å². The lowest BCUT2D eigenvalue weighted by atomic mass is 10.0. The lowest BCUT2D eigenvalue weighted by Gasteiger charge is -2.17. The van der Waals surface area contributed by atoms with Crippen LogP contribution in [0, 0.1) is 5.92 Å². The zero-order chi connectivity index (χ0) is 10.9. The third-order valence-electron chi connectivity index (χ3n) is 2.02. The predicted octanol–water partition coefficient (Wildman–Crippen LogP) is 3.42. The Morgan fingerprint density at radius 1 is 1.36 bits per heavy atom. The van der Waals surface area contributed by atoms with E-state index in [1.807, 2.05) is 13.8 Å². The largest absolute Gasteiger partial charge is 0.417 e. The van der Waals surface area contributed by atoms with Crippen LogP contribution in [0.3, 0.4) is 0 Å². The van der Waals surface area contributed by atoms with Gasteiger partial charge in [0.25, 0.3) is 0 Å². The van der Waals surface area contributed by atoms with E-state index >= 15 is 0 Å². The molecule has 1 aromatic heterocycles. The van der Waals surface area contributed by atoms with Gasteiger partial charge in [0.05, 0.1) is 5.56 Å². The number of nitrogens with two attached hydrogens (primary N) is 1. The van der Waals surface area contributed by atoms with Gasteiger partial charge in [0.2, 0.25) is 0 Å². The second kappa shape index (κ2) is 3.90. The molecule has 0 aliphatic rings. The topological polar surface area (TPSA) is 26.0 Å². The van der Waals surface area contributed by atoms with E-state index in [1.54, 1.807) is 0 Å². The minimum absolute atomic E-state index is 0.00903. The van der Waals surface area contributed by atoms with Crippen LogP contribution in [0.4, 0.5) is 13.2 Å². The van der Waals surface area contributed by atoms with Crippen LogP contribution < -0.4 is 5.73 Å². The smallest absolute Gasteiger partial charge is 0.323 e. The minimum Gasteiger partial charge on any atom is -0.323 e. The fourth-order valence-corrected chi connectivity index (χ4v) is 2.21. The Morgan fingerprint density at radius 3 is 2.36 bits per heavy atom. The molecule has 0 aromatic carbocycles. The van der Waals surface area contributed by atoms with Crippen LogP contribution in [0.1, 0.15) is 30.3 Å². The summed E-state index contributed by atoms with van der Waals surface area (Å²) in [5.74, 6) is 0.00903. The van der Waals surface area contributed by atoms with Crippen molar-refractivity contribution < 1.29 is 13.2 Å². The van der Waals surface area contributed by atoms with Gasteiger partial charge in [0.15, 0.2) is 0 Å². The highest BCUT2D eigenvalue weighted by molar-refractivity contribution is 7.10.